The number of hydrogen-bond donors (Lipinski definition) is 1. The number of rotatable bonds is 7. The van der Waals surface area contributed by atoms with Crippen LogP contribution < -0.4 is 10.1 Å². The summed E-state index contributed by atoms with van der Waals surface area (Å²) in [6, 6.07) is 18.4. The minimum atomic E-state index is -0.535. The number of carbonyl (C=O) groups is 1. The molecule has 7 heteroatoms. The van der Waals surface area contributed by atoms with E-state index in [0.717, 1.165) is 5.69 Å². The van der Waals surface area contributed by atoms with E-state index >= 15 is 0 Å². The summed E-state index contributed by atoms with van der Waals surface area (Å²) < 4.78 is 15.8. The first-order chi connectivity index (χ1) is 13.7. The molecule has 0 bridgehead atoms. The fourth-order valence-electron chi connectivity index (χ4n) is 2.47. The third kappa shape index (κ3) is 4.64. The second kappa shape index (κ2) is 9.18. The summed E-state index contributed by atoms with van der Waals surface area (Å²) in [5.41, 5.74) is 1.65. The van der Waals surface area contributed by atoms with Gasteiger partial charge < -0.3 is 19.5 Å². The molecule has 0 aliphatic carbocycles. The van der Waals surface area contributed by atoms with Crippen LogP contribution in [0.2, 0.25) is 0 Å². The van der Waals surface area contributed by atoms with Crippen LogP contribution >= 0.6 is 0 Å². The molecule has 1 heterocycles. The number of hydrogen-bond acceptors (Lipinski definition) is 7. The number of methoxy groups -OCH3 is 2. The molecule has 0 amide bonds. The van der Waals surface area contributed by atoms with Crippen LogP contribution in [0.5, 0.6) is 11.6 Å². The van der Waals surface area contributed by atoms with E-state index in [9.17, 15) is 4.79 Å². The molecule has 3 aromatic rings. The van der Waals surface area contributed by atoms with Crippen LogP contribution in [0.1, 0.15) is 5.56 Å². The Bertz CT molecular complexity index is 974. The number of nitrogens with one attached hydrogen (secondary N) is 1. The lowest BCUT2D eigenvalue weighted by Crippen LogP contribution is -2.06. The van der Waals surface area contributed by atoms with Crippen LogP contribution in [-0.4, -0.2) is 30.2 Å². The number of esters is 1. The molecule has 0 atom stereocenters. The Balaban J connectivity index is 1.87. The van der Waals surface area contributed by atoms with Gasteiger partial charge in [0.25, 0.3) is 0 Å². The van der Waals surface area contributed by atoms with Gasteiger partial charge in [0.1, 0.15) is 23.5 Å². The zero-order valence-electron chi connectivity index (χ0n) is 15.5. The van der Waals surface area contributed by atoms with E-state index in [1.807, 2.05) is 30.3 Å². The summed E-state index contributed by atoms with van der Waals surface area (Å²) in [7, 11) is 2.76. The minimum absolute atomic E-state index is 0.234. The molecule has 0 aliphatic heterocycles. The van der Waals surface area contributed by atoms with Crippen molar-refractivity contribution in [1.29, 1.82) is 0 Å². The summed E-state index contributed by atoms with van der Waals surface area (Å²) in [6.07, 6.45) is 2.71. The van der Waals surface area contributed by atoms with Crippen molar-refractivity contribution in [1.82, 2.24) is 9.97 Å². The van der Waals surface area contributed by atoms with Gasteiger partial charge in [0.15, 0.2) is 0 Å². The van der Waals surface area contributed by atoms with Crippen molar-refractivity contribution >= 4 is 23.0 Å². The van der Waals surface area contributed by atoms with Crippen molar-refractivity contribution in [2.45, 2.75) is 0 Å². The molecule has 0 saturated carbocycles. The van der Waals surface area contributed by atoms with Crippen LogP contribution in [-0.2, 0) is 14.3 Å². The monoisotopic (exact) mass is 377 g/mol. The number of nitrogens with zero attached hydrogens (tertiary/aromatic N) is 2. The molecule has 2 aromatic carbocycles. The van der Waals surface area contributed by atoms with Crippen LogP contribution in [0.15, 0.2) is 73.3 Å². The number of ether oxygens (including phenoxy) is 3. The second-order valence-electron chi connectivity index (χ2n) is 5.59. The largest absolute Gasteiger partial charge is 0.503 e. The lowest BCUT2D eigenvalue weighted by molar-refractivity contribution is -0.133. The molecule has 0 unspecified atom stereocenters. The van der Waals surface area contributed by atoms with Crippen LogP contribution in [0.3, 0.4) is 0 Å². The molecular formula is C21H19N3O4. The predicted octanol–water partition coefficient (Wildman–Crippen LogP) is 4.17. The van der Waals surface area contributed by atoms with Gasteiger partial charge in [-0.25, -0.2) is 14.8 Å². The molecule has 0 saturated heterocycles. The summed E-state index contributed by atoms with van der Waals surface area (Å²) in [6.45, 7) is 0. The average Bonchev–Trinajstić information content (AvgIpc) is 2.73. The normalized spacial score (nSPS) is 10.9. The zero-order chi connectivity index (χ0) is 19.8. The average molecular weight is 377 g/mol. The van der Waals surface area contributed by atoms with Gasteiger partial charge in [-0.05, 0) is 18.2 Å². The highest BCUT2D eigenvalue weighted by Crippen LogP contribution is 2.31. The van der Waals surface area contributed by atoms with Crippen molar-refractivity contribution in [2.24, 2.45) is 0 Å². The Hall–Kier alpha value is -3.87. The van der Waals surface area contributed by atoms with E-state index in [-0.39, 0.29) is 5.57 Å². The Morgan fingerprint density at radius 1 is 1.00 bits per heavy atom. The molecule has 3 rings (SSSR count). The Morgan fingerprint density at radius 2 is 1.75 bits per heavy atom. The smallest absolute Gasteiger partial charge is 0.341 e. The minimum Gasteiger partial charge on any atom is -0.503 e. The lowest BCUT2D eigenvalue weighted by Gasteiger charge is -2.12. The molecule has 28 heavy (non-hydrogen) atoms. The van der Waals surface area contributed by atoms with Gasteiger partial charge in [0.2, 0.25) is 5.88 Å². The standard InChI is InChI=1S/C21H19N3O4/c1-26-13-17(21(25)27-2)16-10-6-7-11-18(16)28-20-12-19(22-14-23-20)24-15-8-4-3-5-9-15/h3-14H,1-2H3,(H,22,23,24)/b17-13+. The van der Waals surface area contributed by atoms with Crippen molar-refractivity contribution in [3.63, 3.8) is 0 Å². The SMILES string of the molecule is CO/C=C(/C(=O)OC)c1ccccc1Oc1cc(Nc2ccccc2)ncn1. The second-order valence-corrected chi connectivity index (χ2v) is 5.59. The van der Waals surface area contributed by atoms with Gasteiger partial charge in [-0.2, -0.15) is 0 Å². The van der Waals surface area contributed by atoms with E-state index in [0.29, 0.717) is 23.0 Å². The Kier molecular flexibility index (Phi) is 6.20. The first-order valence-corrected chi connectivity index (χ1v) is 8.44. The molecule has 0 spiro atoms. The van der Waals surface area contributed by atoms with Gasteiger partial charge >= 0.3 is 5.97 Å². The van der Waals surface area contributed by atoms with Gasteiger partial charge in [-0.15, -0.1) is 0 Å². The van der Waals surface area contributed by atoms with Crippen molar-refractivity contribution in [2.75, 3.05) is 19.5 Å². The molecular weight excluding hydrogens is 358 g/mol. The first-order valence-electron chi connectivity index (χ1n) is 8.44. The zero-order valence-corrected chi connectivity index (χ0v) is 15.5. The van der Waals surface area contributed by atoms with Crippen molar-refractivity contribution < 1.29 is 19.0 Å². The molecule has 142 valence electrons. The molecule has 0 radical (unpaired) electrons. The van der Waals surface area contributed by atoms with Gasteiger partial charge in [0, 0.05) is 17.3 Å². The Morgan fingerprint density at radius 3 is 2.50 bits per heavy atom. The molecule has 7 nitrogen and oxygen atoms in total. The maximum Gasteiger partial charge on any atom is 0.341 e. The van der Waals surface area contributed by atoms with Crippen molar-refractivity contribution in [3.05, 3.63) is 78.8 Å². The Labute approximate surface area is 162 Å². The molecule has 0 fully saturated rings. The summed E-state index contributed by atoms with van der Waals surface area (Å²) >= 11 is 0. The fraction of sp³-hybridized carbons (Fsp3) is 0.0952. The quantitative estimate of drug-likeness (QED) is 0.376. The highest BCUT2D eigenvalue weighted by atomic mass is 16.5. The highest BCUT2D eigenvalue weighted by Gasteiger charge is 2.18. The maximum atomic E-state index is 12.1. The topological polar surface area (TPSA) is 82.6 Å². The van der Waals surface area contributed by atoms with Crippen LogP contribution in [0.4, 0.5) is 11.5 Å². The van der Waals surface area contributed by atoms with E-state index in [1.165, 1.54) is 26.8 Å². The lowest BCUT2D eigenvalue weighted by atomic mass is 10.1. The number of para-hydroxylation sites is 2. The van der Waals surface area contributed by atoms with Gasteiger partial charge in [-0.1, -0.05) is 36.4 Å². The number of anilines is 2. The first kappa shape index (κ1) is 18.9. The van der Waals surface area contributed by atoms with E-state index in [4.69, 9.17) is 14.2 Å². The third-order valence-corrected chi connectivity index (χ3v) is 3.72. The van der Waals surface area contributed by atoms with Crippen LogP contribution in [0.25, 0.3) is 5.57 Å². The van der Waals surface area contributed by atoms with Gasteiger partial charge in [-0.3, -0.25) is 0 Å². The maximum absolute atomic E-state index is 12.1. The van der Waals surface area contributed by atoms with Crippen LogP contribution in [0, 0.1) is 0 Å². The highest BCUT2D eigenvalue weighted by molar-refractivity contribution is 6.17. The molecule has 0 aliphatic rings. The summed E-state index contributed by atoms with van der Waals surface area (Å²) in [4.78, 5) is 20.4. The van der Waals surface area contributed by atoms with Gasteiger partial charge in [0.05, 0.1) is 20.5 Å². The van der Waals surface area contributed by atoms with E-state index in [1.54, 1.807) is 30.3 Å². The number of aromatic nitrogens is 2. The fourth-order valence-corrected chi connectivity index (χ4v) is 2.47. The van der Waals surface area contributed by atoms with E-state index in [2.05, 4.69) is 15.3 Å². The van der Waals surface area contributed by atoms with E-state index < -0.39 is 5.97 Å². The predicted molar refractivity (Wildman–Crippen MR) is 105 cm³/mol. The summed E-state index contributed by atoms with van der Waals surface area (Å²) in [5.74, 6) is 0.796. The number of carbonyl (C=O) groups excluding carboxylic acids is 1. The third-order valence-electron chi connectivity index (χ3n) is 3.72. The molecule has 1 N–H and O–H groups in total. The molecule has 1 aromatic heterocycles. The number of benzene rings is 2. The summed E-state index contributed by atoms with van der Waals surface area (Å²) in [5, 5.41) is 3.18. The van der Waals surface area contributed by atoms with Crippen molar-refractivity contribution in [3.8, 4) is 11.6 Å².